The number of rotatable bonds is 2. The molecule has 1 aromatic carbocycles. The molecular formula is C11H9NO2. The second-order valence-corrected chi connectivity index (χ2v) is 3.15. The molecule has 2 aromatic rings. The number of nitrogens with one attached hydrogen (secondary N) is 1. The van der Waals surface area contributed by atoms with Crippen LogP contribution in [0.25, 0.3) is 10.9 Å². The van der Waals surface area contributed by atoms with Crippen LogP contribution >= 0.6 is 0 Å². The summed E-state index contributed by atoms with van der Waals surface area (Å²) in [5.74, 6) is -0.00472. The van der Waals surface area contributed by atoms with E-state index in [4.69, 9.17) is 0 Å². The summed E-state index contributed by atoms with van der Waals surface area (Å²) in [5, 5.41) is 0.799. The lowest BCUT2D eigenvalue weighted by Gasteiger charge is -1.97. The van der Waals surface area contributed by atoms with Crippen LogP contribution < -0.4 is 0 Å². The third-order valence-corrected chi connectivity index (χ3v) is 2.25. The van der Waals surface area contributed by atoms with Crippen LogP contribution in [0, 0.1) is 0 Å². The minimum Gasteiger partial charge on any atom is -0.360 e. The topological polar surface area (TPSA) is 49.9 Å². The number of fused-ring (bicyclic) bond motifs is 1. The summed E-state index contributed by atoms with van der Waals surface area (Å²) in [5.41, 5.74) is 1.95. The molecule has 0 unspecified atom stereocenters. The number of carbonyl (C=O) groups is 2. The third kappa shape index (κ3) is 1.14. The van der Waals surface area contributed by atoms with Gasteiger partial charge in [-0.3, -0.25) is 9.59 Å². The summed E-state index contributed by atoms with van der Waals surface area (Å²) in [4.78, 5) is 24.8. The molecule has 3 heteroatoms. The van der Waals surface area contributed by atoms with E-state index in [0.29, 0.717) is 11.1 Å². The van der Waals surface area contributed by atoms with Crippen molar-refractivity contribution in [1.29, 1.82) is 0 Å². The Kier molecular flexibility index (Phi) is 1.93. The molecule has 0 amide bonds. The summed E-state index contributed by atoms with van der Waals surface area (Å²) in [7, 11) is 0. The molecular weight excluding hydrogens is 178 g/mol. The highest BCUT2D eigenvalue weighted by atomic mass is 16.1. The second-order valence-electron chi connectivity index (χ2n) is 3.15. The number of H-pyrrole nitrogens is 1. The van der Waals surface area contributed by atoms with Crippen molar-refractivity contribution in [2.75, 3.05) is 0 Å². The lowest BCUT2D eigenvalue weighted by Crippen LogP contribution is -1.92. The zero-order valence-corrected chi connectivity index (χ0v) is 7.70. The Bertz CT molecular complexity index is 511. The smallest absolute Gasteiger partial charge is 0.161 e. The minimum atomic E-state index is -0.00472. The first-order chi connectivity index (χ1) is 6.74. The predicted molar refractivity (Wildman–Crippen MR) is 53.7 cm³/mol. The molecule has 3 nitrogen and oxygen atoms in total. The fourth-order valence-corrected chi connectivity index (χ4v) is 1.57. The fraction of sp³-hybridized carbons (Fsp3) is 0.0909. The van der Waals surface area contributed by atoms with E-state index in [2.05, 4.69) is 4.98 Å². The SMILES string of the molecule is CC(=O)c1cccc2c(C=O)c[nH]c12. The van der Waals surface area contributed by atoms with E-state index in [0.717, 1.165) is 17.2 Å². The van der Waals surface area contributed by atoms with Gasteiger partial charge in [0.15, 0.2) is 12.1 Å². The van der Waals surface area contributed by atoms with Crippen LogP contribution in [0.1, 0.15) is 27.6 Å². The molecule has 0 spiro atoms. The number of aldehydes is 1. The van der Waals surface area contributed by atoms with E-state index >= 15 is 0 Å². The van der Waals surface area contributed by atoms with Crippen LogP contribution in [0.4, 0.5) is 0 Å². The van der Waals surface area contributed by atoms with Gasteiger partial charge in [-0.1, -0.05) is 12.1 Å². The third-order valence-electron chi connectivity index (χ3n) is 2.25. The Morgan fingerprint density at radius 2 is 2.21 bits per heavy atom. The molecule has 14 heavy (non-hydrogen) atoms. The Balaban J connectivity index is 2.82. The largest absolute Gasteiger partial charge is 0.360 e. The number of carbonyl (C=O) groups excluding carboxylic acids is 2. The average Bonchev–Trinajstić information content (AvgIpc) is 2.59. The van der Waals surface area contributed by atoms with Crippen LogP contribution in [0.2, 0.25) is 0 Å². The summed E-state index contributed by atoms with van der Waals surface area (Å²) in [6.07, 6.45) is 2.40. The summed E-state index contributed by atoms with van der Waals surface area (Å²) < 4.78 is 0. The van der Waals surface area contributed by atoms with Gasteiger partial charge in [-0.2, -0.15) is 0 Å². The summed E-state index contributed by atoms with van der Waals surface area (Å²) in [6, 6.07) is 5.34. The van der Waals surface area contributed by atoms with Crippen LogP contribution in [-0.2, 0) is 0 Å². The molecule has 0 bridgehead atoms. The number of aromatic amines is 1. The van der Waals surface area contributed by atoms with Gasteiger partial charge in [-0.25, -0.2) is 0 Å². The zero-order valence-electron chi connectivity index (χ0n) is 7.70. The Labute approximate surface area is 80.7 Å². The monoisotopic (exact) mass is 187 g/mol. The van der Waals surface area contributed by atoms with E-state index in [1.165, 1.54) is 6.92 Å². The Hall–Kier alpha value is -1.90. The normalized spacial score (nSPS) is 10.4. The van der Waals surface area contributed by atoms with E-state index in [9.17, 15) is 9.59 Å². The molecule has 0 radical (unpaired) electrons. The van der Waals surface area contributed by atoms with Gasteiger partial charge in [0.25, 0.3) is 0 Å². The molecule has 70 valence electrons. The molecule has 1 heterocycles. The van der Waals surface area contributed by atoms with E-state index in [1.807, 2.05) is 6.07 Å². The molecule has 0 aliphatic heterocycles. The van der Waals surface area contributed by atoms with Crippen LogP contribution in [0.3, 0.4) is 0 Å². The Morgan fingerprint density at radius 3 is 2.86 bits per heavy atom. The van der Waals surface area contributed by atoms with Crippen molar-refractivity contribution in [2.24, 2.45) is 0 Å². The summed E-state index contributed by atoms with van der Waals surface area (Å²) in [6.45, 7) is 1.51. The van der Waals surface area contributed by atoms with Crippen LogP contribution in [0.5, 0.6) is 0 Å². The molecule has 0 saturated heterocycles. The van der Waals surface area contributed by atoms with Gasteiger partial charge in [0.1, 0.15) is 0 Å². The van der Waals surface area contributed by atoms with Crippen molar-refractivity contribution in [3.63, 3.8) is 0 Å². The van der Waals surface area contributed by atoms with Crippen molar-refractivity contribution in [2.45, 2.75) is 6.92 Å². The van der Waals surface area contributed by atoms with Gasteiger partial charge in [0, 0.05) is 22.7 Å². The molecule has 0 atom stereocenters. The molecule has 1 N–H and O–H groups in total. The maximum absolute atomic E-state index is 11.2. The first-order valence-corrected chi connectivity index (χ1v) is 4.30. The van der Waals surface area contributed by atoms with Gasteiger partial charge in [0.05, 0.1) is 5.52 Å². The van der Waals surface area contributed by atoms with Crippen molar-refractivity contribution in [1.82, 2.24) is 4.98 Å². The Morgan fingerprint density at radius 1 is 1.43 bits per heavy atom. The lowest BCUT2D eigenvalue weighted by atomic mass is 10.1. The molecule has 0 fully saturated rings. The molecule has 1 aromatic heterocycles. The molecule has 0 saturated carbocycles. The van der Waals surface area contributed by atoms with Gasteiger partial charge in [-0.05, 0) is 13.0 Å². The summed E-state index contributed by atoms with van der Waals surface area (Å²) >= 11 is 0. The number of hydrogen-bond donors (Lipinski definition) is 1. The highest BCUT2D eigenvalue weighted by Crippen LogP contribution is 2.20. The predicted octanol–water partition coefficient (Wildman–Crippen LogP) is 2.18. The molecule has 0 aliphatic carbocycles. The van der Waals surface area contributed by atoms with Crippen molar-refractivity contribution in [3.05, 3.63) is 35.5 Å². The fourth-order valence-electron chi connectivity index (χ4n) is 1.57. The number of para-hydroxylation sites is 1. The minimum absolute atomic E-state index is 0.00472. The van der Waals surface area contributed by atoms with Gasteiger partial charge < -0.3 is 4.98 Å². The maximum atomic E-state index is 11.2. The van der Waals surface area contributed by atoms with Gasteiger partial charge in [-0.15, -0.1) is 0 Å². The first kappa shape index (κ1) is 8.69. The molecule has 0 aliphatic rings. The van der Waals surface area contributed by atoms with Crippen molar-refractivity contribution >= 4 is 23.0 Å². The number of Topliss-reactive ketones (excluding diaryl/α,β-unsaturated/α-hetero) is 1. The van der Waals surface area contributed by atoms with E-state index < -0.39 is 0 Å². The number of aromatic nitrogens is 1. The van der Waals surface area contributed by atoms with Gasteiger partial charge >= 0.3 is 0 Å². The number of benzene rings is 1. The highest BCUT2D eigenvalue weighted by molar-refractivity contribution is 6.09. The average molecular weight is 187 g/mol. The van der Waals surface area contributed by atoms with Crippen molar-refractivity contribution in [3.8, 4) is 0 Å². The second kappa shape index (κ2) is 3.10. The standard InChI is InChI=1S/C11H9NO2/c1-7(14)9-3-2-4-10-8(6-13)5-12-11(9)10/h2-6,12H,1H3. The first-order valence-electron chi connectivity index (χ1n) is 4.30. The lowest BCUT2D eigenvalue weighted by molar-refractivity contribution is 0.101. The van der Waals surface area contributed by atoms with Crippen molar-refractivity contribution < 1.29 is 9.59 Å². The number of hydrogen-bond acceptors (Lipinski definition) is 2. The maximum Gasteiger partial charge on any atom is 0.161 e. The highest BCUT2D eigenvalue weighted by Gasteiger charge is 2.08. The van der Waals surface area contributed by atoms with Crippen LogP contribution in [-0.4, -0.2) is 17.1 Å². The van der Waals surface area contributed by atoms with E-state index in [-0.39, 0.29) is 5.78 Å². The molecule has 2 rings (SSSR count). The van der Waals surface area contributed by atoms with E-state index in [1.54, 1.807) is 18.3 Å². The number of ketones is 1. The zero-order chi connectivity index (χ0) is 10.1. The van der Waals surface area contributed by atoms with Crippen LogP contribution in [0.15, 0.2) is 24.4 Å². The van der Waals surface area contributed by atoms with Gasteiger partial charge in [0.2, 0.25) is 0 Å². The quantitative estimate of drug-likeness (QED) is 0.578.